The zero-order valence-corrected chi connectivity index (χ0v) is 50.0. The van der Waals surface area contributed by atoms with Crippen LogP contribution in [0.25, 0.3) is 0 Å². The molecule has 5 amide bonds. The van der Waals surface area contributed by atoms with Crippen molar-refractivity contribution >= 4 is 70.4 Å². The molecule has 3 heterocycles. The quantitative estimate of drug-likeness (QED) is 0.0270. The van der Waals surface area contributed by atoms with Crippen LogP contribution in [0.15, 0.2) is 60.2 Å². The Labute approximate surface area is 487 Å². The lowest BCUT2D eigenvalue weighted by molar-refractivity contribution is -0.187. The lowest BCUT2D eigenvalue weighted by atomic mass is 9.78. The molecule has 21 heteroatoms. The summed E-state index contributed by atoms with van der Waals surface area (Å²) in [5, 5.41) is 20.3. The van der Waals surface area contributed by atoms with Crippen LogP contribution in [0.4, 0.5) is 21.0 Å². The number of nitrogens with one attached hydrogen (secondary N) is 3. The zero-order valence-electron chi connectivity index (χ0n) is 49.3. The molecule has 2 aromatic carbocycles. The molecule has 0 unspecified atom stereocenters. The first-order valence-corrected chi connectivity index (χ1v) is 28.9. The van der Waals surface area contributed by atoms with E-state index in [0.717, 1.165) is 24.0 Å². The number of fused-ring (bicyclic) bond motifs is 5. The number of urea groups is 1. The van der Waals surface area contributed by atoms with E-state index in [9.17, 15) is 43.5 Å². The molecule has 0 aliphatic carbocycles. The average Bonchev–Trinajstić information content (AvgIpc) is 4.27. The second kappa shape index (κ2) is 30.8. The van der Waals surface area contributed by atoms with Crippen molar-refractivity contribution in [2.24, 2.45) is 29.4 Å². The van der Waals surface area contributed by atoms with Crippen LogP contribution >= 0.6 is 11.6 Å². The van der Waals surface area contributed by atoms with E-state index in [2.05, 4.69) is 16.0 Å². The van der Waals surface area contributed by atoms with Gasteiger partial charge in [-0.15, -0.1) is 0 Å². The van der Waals surface area contributed by atoms with Crippen molar-refractivity contribution in [1.82, 2.24) is 10.6 Å². The van der Waals surface area contributed by atoms with Crippen LogP contribution < -0.4 is 31.3 Å². The number of nitrogens with two attached hydrogens (primary N) is 1. The fraction of sp³-hybridized carbons (Fsp3) is 0.607. The Bertz CT molecular complexity index is 2640. The van der Waals surface area contributed by atoms with Gasteiger partial charge in [0.15, 0.2) is 5.78 Å². The van der Waals surface area contributed by atoms with Gasteiger partial charge in [-0.1, -0.05) is 82.2 Å². The highest BCUT2D eigenvalue weighted by Crippen LogP contribution is 2.50. The van der Waals surface area contributed by atoms with E-state index in [4.69, 9.17) is 45.8 Å². The van der Waals surface area contributed by atoms with Gasteiger partial charge >= 0.3 is 24.1 Å². The Kier molecular flexibility index (Phi) is 25.0. The topological polar surface area (TPSA) is 281 Å². The van der Waals surface area contributed by atoms with Gasteiger partial charge in [0.1, 0.15) is 46.1 Å². The van der Waals surface area contributed by atoms with Crippen molar-refractivity contribution in [1.29, 1.82) is 0 Å². The van der Waals surface area contributed by atoms with Crippen LogP contribution in [0.3, 0.4) is 0 Å². The molecule has 0 aromatic heterocycles. The third kappa shape index (κ3) is 18.6. The first-order valence-electron chi connectivity index (χ1n) is 28.6. The number of esters is 2. The summed E-state index contributed by atoms with van der Waals surface area (Å²) in [6.45, 7) is 13.4. The van der Waals surface area contributed by atoms with Gasteiger partial charge < -0.3 is 54.8 Å². The van der Waals surface area contributed by atoms with Crippen LogP contribution in [-0.4, -0.2) is 129 Å². The van der Waals surface area contributed by atoms with Crippen LogP contribution in [0, 0.1) is 23.7 Å². The molecule has 3 aliphatic rings. The number of epoxide rings is 1. The Balaban J connectivity index is 1.29. The second-order valence-corrected chi connectivity index (χ2v) is 22.9. The maximum absolute atomic E-state index is 14.4. The number of nitrogens with zero attached hydrogens (tertiary/aromatic N) is 1. The summed E-state index contributed by atoms with van der Waals surface area (Å²) in [4.78, 5) is 108. The minimum Gasteiger partial charge on any atom is -0.495 e. The Morgan fingerprint density at radius 3 is 2.35 bits per heavy atom. The van der Waals surface area contributed by atoms with E-state index >= 15 is 0 Å². The predicted molar refractivity (Wildman–Crippen MR) is 309 cm³/mol. The number of primary amides is 1. The van der Waals surface area contributed by atoms with Crippen LogP contribution in [0.5, 0.6) is 5.75 Å². The number of benzene rings is 2. The number of rotatable bonds is 25. The number of unbranched alkanes of at least 4 members (excludes halogenated alkanes) is 2. The van der Waals surface area contributed by atoms with E-state index < -0.39 is 83.4 Å². The minimum atomic E-state index is -1.64. The van der Waals surface area contributed by atoms with Gasteiger partial charge in [0.2, 0.25) is 11.8 Å². The second-order valence-electron chi connectivity index (χ2n) is 22.6. The molecule has 0 radical (unpaired) electrons. The smallest absolute Gasteiger partial charge is 0.412 e. The van der Waals surface area contributed by atoms with E-state index in [-0.39, 0.29) is 98.2 Å². The first-order chi connectivity index (χ1) is 38.9. The molecule has 452 valence electrons. The van der Waals surface area contributed by atoms with Gasteiger partial charge in [-0.25, -0.2) is 9.59 Å². The highest BCUT2D eigenvalue weighted by atomic mass is 35.5. The van der Waals surface area contributed by atoms with Crippen molar-refractivity contribution < 1.29 is 71.9 Å². The number of anilines is 2. The van der Waals surface area contributed by atoms with Gasteiger partial charge in [0.25, 0.3) is 0 Å². The van der Waals surface area contributed by atoms with Crippen molar-refractivity contribution in [2.45, 2.75) is 180 Å². The van der Waals surface area contributed by atoms with E-state index in [1.54, 1.807) is 69.4 Å². The molecule has 6 N–H and O–H groups in total. The highest BCUT2D eigenvalue weighted by molar-refractivity contribution is 6.35. The van der Waals surface area contributed by atoms with Crippen molar-refractivity contribution in [2.75, 3.05) is 44.6 Å². The van der Waals surface area contributed by atoms with Crippen molar-refractivity contribution in [3.8, 4) is 5.75 Å². The summed E-state index contributed by atoms with van der Waals surface area (Å²) < 4.78 is 35.0. The van der Waals surface area contributed by atoms with Crippen molar-refractivity contribution in [3.05, 3.63) is 76.3 Å². The lowest BCUT2D eigenvalue weighted by Crippen LogP contribution is -2.53. The number of methoxy groups -OCH3 is 2. The number of carbonyl (C=O) groups is 8. The molecular weight excluding hydrogens is 1080 g/mol. The molecule has 9 atom stereocenters. The van der Waals surface area contributed by atoms with Gasteiger partial charge in [0, 0.05) is 63.9 Å². The SMILES string of the molecule is CCC(CC)C(=O)OCCCCCC(=O)C[C@H](C(=O)N[C@@H](CCCNC(N)=O)C(=O)Cc1ccc(NC(=O)O[C@H]2CC(=O)N(C)c3cc(cc(OC)c3Cl)C/C(C)=C/C=C/[C@@H](OC)[C@]3(O)CC(=O)O[C@@H](C3)[C@@H](C)[C@@H]3O[C@@]23C)cc1)C(C)C. The Morgan fingerprint density at radius 2 is 1.71 bits per heavy atom. The molecule has 2 aromatic rings. The molecule has 4 bridgehead atoms. The van der Waals surface area contributed by atoms with Gasteiger partial charge in [-0.3, -0.25) is 34.1 Å². The number of aliphatic hydroxyl groups is 1. The summed E-state index contributed by atoms with van der Waals surface area (Å²) in [6, 6.07) is 8.26. The standard InChI is InChI=1S/C61H86ClN5O15/c1-11-41(12-2)57(73)79-27-15-13-14-19-43(68)32-44(36(3)4)56(72)66-45(20-17-26-64-58(63)74)47(69)30-39-22-24-42(25-23-39)65-59(75)81-51-33-52(70)67(8)46-29-40(31-48(77-9)54(46)62)28-37(5)18-16-21-50(78-10)61(76)34-49(80-53(71)35-61)38(6)55-60(51,7)82-55/h16,18,21-25,29,31,36,38,41,44-45,49-51,55,76H,11-15,17,19-20,26-28,30,32-35H2,1-10H3,(H,65,75)(H,66,72)(H3,63,64,74)/b21-16+,37-18+/t38-,44+,45+,49+,50-,51+,55+,60+,61-/m1/s1. The van der Waals surface area contributed by atoms with Crippen LogP contribution in [-0.2, 0) is 65.3 Å². The number of halogens is 1. The average molecular weight is 1160 g/mol. The molecule has 2 fully saturated rings. The maximum Gasteiger partial charge on any atom is 0.412 e. The molecule has 0 spiro atoms. The lowest BCUT2D eigenvalue weighted by Gasteiger charge is -2.41. The number of allylic oxidation sites excluding steroid dienone is 3. The number of hydrogen-bond donors (Lipinski definition) is 5. The van der Waals surface area contributed by atoms with E-state index in [1.807, 2.05) is 40.7 Å². The summed E-state index contributed by atoms with van der Waals surface area (Å²) in [6.07, 6.45) is 4.43. The predicted octanol–water partition coefficient (Wildman–Crippen LogP) is 8.44. The van der Waals surface area contributed by atoms with Crippen LogP contribution in [0.1, 0.15) is 137 Å². The largest absolute Gasteiger partial charge is 0.495 e. The summed E-state index contributed by atoms with van der Waals surface area (Å²) in [5.74, 6) is -3.43. The maximum atomic E-state index is 14.4. The van der Waals surface area contributed by atoms with Gasteiger partial charge in [-0.2, -0.15) is 0 Å². The molecule has 5 rings (SSSR count). The number of carbonyl (C=O) groups excluding carboxylic acids is 8. The molecule has 0 saturated carbocycles. The van der Waals surface area contributed by atoms with Gasteiger partial charge in [0.05, 0.1) is 50.3 Å². The van der Waals surface area contributed by atoms with Crippen LogP contribution in [0.2, 0.25) is 5.02 Å². The zero-order chi connectivity index (χ0) is 60.5. The molecule has 3 aliphatic heterocycles. The fourth-order valence-corrected chi connectivity index (χ4v) is 11.1. The molecule has 2 saturated heterocycles. The highest BCUT2D eigenvalue weighted by Gasteiger charge is 2.64. The minimum absolute atomic E-state index is 0.00879. The van der Waals surface area contributed by atoms with Gasteiger partial charge in [-0.05, 0) is 107 Å². The Morgan fingerprint density at radius 1 is 1.00 bits per heavy atom. The third-order valence-corrected chi connectivity index (χ3v) is 16.3. The molecule has 82 heavy (non-hydrogen) atoms. The number of Topliss-reactive ketones (excluding diaryl/α,β-unsaturated/α-hetero) is 2. The molecular formula is C61H86ClN5O15. The third-order valence-electron chi connectivity index (χ3n) is 16.0. The van der Waals surface area contributed by atoms with E-state index in [1.165, 1.54) is 19.1 Å². The number of ether oxygens (including phenoxy) is 6. The number of ketones is 2. The monoisotopic (exact) mass is 1160 g/mol. The summed E-state index contributed by atoms with van der Waals surface area (Å²) in [5.41, 5.74) is 5.23. The summed E-state index contributed by atoms with van der Waals surface area (Å²) >= 11 is 6.84. The fourth-order valence-electron chi connectivity index (χ4n) is 10.8. The Hall–Kier alpha value is -6.35. The van der Waals surface area contributed by atoms with Crippen molar-refractivity contribution in [3.63, 3.8) is 0 Å². The normalized spacial score (nSPS) is 24.6. The van der Waals surface area contributed by atoms with E-state index in [0.29, 0.717) is 49.1 Å². The molecule has 20 nitrogen and oxygen atoms in total. The number of amides is 5. The first kappa shape index (κ1) is 66.5. The summed E-state index contributed by atoms with van der Waals surface area (Å²) in [7, 11) is 4.48. The number of hydrogen-bond acceptors (Lipinski definition) is 15.